The molecule has 1 amide bonds. The van der Waals surface area contributed by atoms with E-state index >= 15 is 0 Å². The van der Waals surface area contributed by atoms with Crippen LogP contribution in [0.4, 0.5) is 0 Å². The summed E-state index contributed by atoms with van der Waals surface area (Å²) in [6.45, 7) is 4.59. The molecular formula is C17H22N4OS. The van der Waals surface area contributed by atoms with Crippen LogP contribution in [0.25, 0.3) is 11.4 Å². The van der Waals surface area contributed by atoms with E-state index < -0.39 is 0 Å². The van der Waals surface area contributed by atoms with Crippen molar-refractivity contribution < 1.29 is 4.79 Å². The third-order valence-corrected chi connectivity index (χ3v) is 4.77. The van der Waals surface area contributed by atoms with Crippen molar-refractivity contribution in [3.63, 3.8) is 0 Å². The number of imidazole rings is 1. The number of H-pyrrole nitrogens is 1. The summed E-state index contributed by atoms with van der Waals surface area (Å²) in [5, 5.41) is 0. The SMILES string of the molecule is CSCCN1CCN(C(=O)c2ccccc2-c2ncc[nH]2)CC1. The van der Waals surface area contributed by atoms with E-state index in [1.807, 2.05) is 40.9 Å². The summed E-state index contributed by atoms with van der Waals surface area (Å²) in [4.78, 5) is 24.7. The maximum absolute atomic E-state index is 12.9. The highest BCUT2D eigenvalue weighted by atomic mass is 32.2. The van der Waals surface area contributed by atoms with Gasteiger partial charge in [-0.05, 0) is 12.3 Å². The second kappa shape index (κ2) is 7.66. The van der Waals surface area contributed by atoms with E-state index in [2.05, 4.69) is 21.1 Å². The van der Waals surface area contributed by atoms with Crippen LogP contribution in [0.5, 0.6) is 0 Å². The van der Waals surface area contributed by atoms with Gasteiger partial charge in [0.05, 0.1) is 5.56 Å². The number of benzene rings is 1. The van der Waals surface area contributed by atoms with Crippen LogP contribution < -0.4 is 0 Å². The average molecular weight is 330 g/mol. The van der Waals surface area contributed by atoms with Crippen LogP contribution >= 0.6 is 11.8 Å². The molecule has 2 heterocycles. The molecule has 1 saturated heterocycles. The van der Waals surface area contributed by atoms with Gasteiger partial charge < -0.3 is 9.88 Å². The predicted molar refractivity (Wildman–Crippen MR) is 94.7 cm³/mol. The Bertz CT molecular complexity index is 636. The fourth-order valence-corrected chi connectivity index (χ4v) is 3.29. The van der Waals surface area contributed by atoms with E-state index in [0.717, 1.165) is 55.4 Å². The Hall–Kier alpha value is -1.79. The molecule has 122 valence electrons. The van der Waals surface area contributed by atoms with Crippen molar-refractivity contribution in [2.75, 3.05) is 44.7 Å². The molecule has 6 heteroatoms. The lowest BCUT2D eigenvalue weighted by Crippen LogP contribution is -2.49. The van der Waals surface area contributed by atoms with Gasteiger partial charge in [0.2, 0.25) is 0 Å². The smallest absolute Gasteiger partial charge is 0.254 e. The van der Waals surface area contributed by atoms with E-state index in [9.17, 15) is 4.79 Å². The van der Waals surface area contributed by atoms with Crippen molar-refractivity contribution in [1.82, 2.24) is 19.8 Å². The minimum Gasteiger partial charge on any atom is -0.345 e. The Balaban J connectivity index is 1.70. The van der Waals surface area contributed by atoms with Crippen molar-refractivity contribution in [2.45, 2.75) is 0 Å². The van der Waals surface area contributed by atoms with Crippen molar-refractivity contribution in [2.24, 2.45) is 0 Å². The van der Waals surface area contributed by atoms with Crippen LogP contribution in [-0.4, -0.2) is 70.4 Å². The van der Waals surface area contributed by atoms with Gasteiger partial charge in [-0.2, -0.15) is 11.8 Å². The second-order valence-electron chi connectivity index (χ2n) is 5.61. The van der Waals surface area contributed by atoms with Crippen LogP contribution in [0, 0.1) is 0 Å². The summed E-state index contributed by atoms with van der Waals surface area (Å²) in [7, 11) is 0. The standard InChI is InChI=1S/C17H22N4OS/c1-23-13-12-20-8-10-21(11-9-20)17(22)15-5-3-2-4-14(15)16-18-6-7-19-16/h2-7H,8-13H2,1H3,(H,18,19). The van der Waals surface area contributed by atoms with E-state index in [1.54, 1.807) is 12.4 Å². The molecule has 0 radical (unpaired) electrons. The summed E-state index contributed by atoms with van der Waals surface area (Å²) >= 11 is 1.87. The quantitative estimate of drug-likeness (QED) is 0.913. The number of thioether (sulfide) groups is 1. The lowest BCUT2D eigenvalue weighted by atomic mass is 10.1. The van der Waals surface area contributed by atoms with Crippen LogP contribution in [0.2, 0.25) is 0 Å². The number of hydrogen-bond donors (Lipinski definition) is 1. The van der Waals surface area contributed by atoms with Gasteiger partial charge in [-0.1, -0.05) is 18.2 Å². The summed E-state index contributed by atoms with van der Waals surface area (Å²) in [5.41, 5.74) is 1.59. The van der Waals surface area contributed by atoms with Gasteiger partial charge in [0.1, 0.15) is 5.82 Å². The van der Waals surface area contributed by atoms with Crippen LogP contribution in [0.3, 0.4) is 0 Å². The third kappa shape index (κ3) is 3.76. The zero-order valence-electron chi connectivity index (χ0n) is 13.4. The molecule has 0 saturated carbocycles. The number of carbonyl (C=O) groups excluding carboxylic acids is 1. The van der Waals surface area contributed by atoms with Gasteiger partial charge >= 0.3 is 0 Å². The molecule has 1 N–H and O–H groups in total. The highest BCUT2D eigenvalue weighted by molar-refractivity contribution is 7.98. The number of nitrogens with one attached hydrogen (secondary N) is 1. The lowest BCUT2D eigenvalue weighted by molar-refractivity contribution is 0.0645. The Morgan fingerprint density at radius 3 is 2.74 bits per heavy atom. The van der Waals surface area contributed by atoms with Crippen LogP contribution in [-0.2, 0) is 0 Å². The van der Waals surface area contributed by atoms with Crippen molar-refractivity contribution in [3.05, 3.63) is 42.2 Å². The first kappa shape index (κ1) is 16.1. The third-order valence-electron chi connectivity index (χ3n) is 4.18. The molecule has 0 spiro atoms. The van der Waals surface area contributed by atoms with Gasteiger partial charge in [-0.25, -0.2) is 4.98 Å². The van der Waals surface area contributed by atoms with Crippen LogP contribution in [0.15, 0.2) is 36.7 Å². The minimum atomic E-state index is 0.0986. The maximum Gasteiger partial charge on any atom is 0.254 e. The second-order valence-corrected chi connectivity index (χ2v) is 6.60. The molecular weight excluding hydrogens is 308 g/mol. The normalized spacial score (nSPS) is 15.8. The van der Waals surface area contributed by atoms with Gasteiger partial charge in [-0.3, -0.25) is 9.69 Å². The van der Waals surface area contributed by atoms with Gasteiger partial charge in [0, 0.05) is 56.4 Å². The number of rotatable bonds is 5. The van der Waals surface area contributed by atoms with Gasteiger partial charge in [0.15, 0.2) is 0 Å². The van der Waals surface area contributed by atoms with Crippen molar-refractivity contribution in [1.29, 1.82) is 0 Å². The Labute approximate surface area is 141 Å². The molecule has 1 fully saturated rings. The van der Waals surface area contributed by atoms with E-state index in [0.29, 0.717) is 0 Å². The molecule has 0 bridgehead atoms. The lowest BCUT2D eigenvalue weighted by Gasteiger charge is -2.34. The van der Waals surface area contributed by atoms with E-state index in [4.69, 9.17) is 0 Å². The molecule has 1 aliphatic rings. The van der Waals surface area contributed by atoms with Crippen molar-refractivity contribution in [3.8, 4) is 11.4 Å². The molecule has 1 aromatic heterocycles. The number of nitrogens with zero attached hydrogens (tertiary/aromatic N) is 3. The zero-order chi connectivity index (χ0) is 16.1. The highest BCUT2D eigenvalue weighted by Gasteiger charge is 2.24. The summed E-state index contributed by atoms with van der Waals surface area (Å²) in [5.74, 6) is 1.99. The molecule has 0 atom stereocenters. The molecule has 5 nitrogen and oxygen atoms in total. The van der Waals surface area contributed by atoms with Crippen molar-refractivity contribution >= 4 is 17.7 Å². The number of piperazine rings is 1. The van der Waals surface area contributed by atoms with E-state index in [-0.39, 0.29) is 5.91 Å². The predicted octanol–water partition coefficient (Wildman–Crippen LogP) is 2.20. The largest absolute Gasteiger partial charge is 0.345 e. The molecule has 3 rings (SSSR count). The Morgan fingerprint density at radius 1 is 1.26 bits per heavy atom. The highest BCUT2D eigenvalue weighted by Crippen LogP contribution is 2.22. The fourth-order valence-electron chi connectivity index (χ4n) is 2.85. The summed E-state index contributed by atoms with van der Waals surface area (Å²) in [6, 6.07) is 7.68. The fraction of sp³-hybridized carbons (Fsp3) is 0.412. The zero-order valence-corrected chi connectivity index (χ0v) is 14.2. The topological polar surface area (TPSA) is 52.2 Å². The van der Waals surface area contributed by atoms with E-state index in [1.165, 1.54) is 0 Å². The number of aromatic amines is 1. The molecule has 1 aliphatic heterocycles. The first-order valence-electron chi connectivity index (χ1n) is 7.89. The first-order chi connectivity index (χ1) is 11.3. The summed E-state index contributed by atoms with van der Waals surface area (Å²) < 4.78 is 0. The minimum absolute atomic E-state index is 0.0986. The Morgan fingerprint density at radius 2 is 2.04 bits per heavy atom. The van der Waals surface area contributed by atoms with Crippen LogP contribution in [0.1, 0.15) is 10.4 Å². The molecule has 0 unspecified atom stereocenters. The number of carbonyl (C=O) groups is 1. The molecule has 2 aromatic rings. The molecule has 1 aromatic carbocycles. The van der Waals surface area contributed by atoms with Gasteiger partial charge in [-0.15, -0.1) is 0 Å². The molecule has 23 heavy (non-hydrogen) atoms. The Kier molecular flexibility index (Phi) is 5.35. The monoisotopic (exact) mass is 330 g/mol. The number of aromatic nitrogens is 2. The summed E-state index contributed by atoms with van der Waals surface area (Å²) in [6.07, 6.45) is 5.62. The first-order valence-corrected chi connectivity index (χ1v) is 9.28. The number of amides is 1. The average Bonchev–Trinajstić information content (AvgIpc) is 3.14. The molecule has 0 aliphatic carbocycles. The van der Waals surface area contributed by atoms with Gasteiger partial charge in [0.25, 0.3) is 5.91 Å². The maximum atomic E-state index is 12.9. The number of hydrogen-bond acceptors (Lipinski definition) is 4.